The van der Waals surface area contributed by atoms with Crippen molar-refractivity contribution >= 4 is 21.6 Å². The Morgan fingerprint density at radius 2 is 1.74 bits per heavy atom. The monoisotopic (exact) mass is 344 g/mol. The summed E-state index contributed by atoms with van der Waals surface area (Å²) >= 11 is 0. The van der Waals surface area contributed by atoms with E-state index in [1.54, 1.807) is 6.92 Å². The highest BCUT2D eigenvalue weighted by Crippen LogP contribution is 2.35. The van der Waals surface area contributed by atoms with Crippen molar-refractivity contribution in [2.24, 2.45) is 0 Å². The fourth-order valence-corrected chi connectivity index (χ4v) is 2.83. The highest BCUT2D eigenvalue weighted by molar-refractivity contribution is 7.92. The first-order valence-corrected chi connectivity index (χ1v) is 8.94. The normalized spacial score (nSPS) is 11.0. The zero-order valence-electron chi connectivity index (χ0n) is 14.2. The van der Waals surface area contributed by atoms with Crippen LogP contribution in [0.5, 0.6) is 11.5 Å². The van der Waals surface area contributed by atoms with E-state index in [2.05, 4.69) is 5.32 Å². The van der Waals surface area contributed by atoms with E-state index in [0.29, 0.717) is 18.0 Å². The SMILES string of the molecule is CCCNC(=O)c1cc(OC)c(OC)cc1N(C)S(=O)(=O)CC. The lowest BCUT2D eigenvalue weighted by molar-refractivity contribution is 0.0954. The first kappa shape index (κ1) is 19.1. The number of nitrogens with zero attached hydrogens (tertiary/aromatic N) is 1. The maximum absolute atomic E-state index is 12.4. The summed E-state index contributed by atoms with van der Waals surface area (Å²) in [6.45, 7) is 3.98. The maximum Gasteiger partial charge on any atom is 0.253 e. The quantitative estimate of drug-likeness (QED) is 0.775. The molecule has 0 atom stereocenters. The first-order chi connectivity index (χ1) is 10.8. The minimum Gasteiger partial charge on any atom is -0.493 e. The van der Waals surface area contributed by atoms with Gasteiger partial charge < -0.3 is 14.8 Å². The van der Waals surface area contributed by atoms with Crippen molar-refractivity contribution in [2.45, 2.75) is 20.3 Å². The molecule has 1 rings (SSSR count). The molecule has 0 heterocycles. The van der Waals surface area contributed by atoms with Crippen molar-refractivity contribution in [3.63, 3.8) is 0 Å². The van der Waals surface area contributed by atoms with Crippen LogP contribution in [0.2, 0.25) is 0 Å². The van der Waals surface area contributed by atoms with Crippen molar-refractivity contribution in [3.05, 3.63) is 17.7 Å². The Morgan fingerprint density at radius 3 is 2.22 bits per heavy atom. The van der Waals surface area contributed by atoms with Crippen LogP contribution >= 0.6 is 0 Å². The van der Waals surface area contributed by atoms with Gasteiger partial charge in [0.15, 0.2) is 11.5 Å². The third-order valence-corrected chi connectivity index (χ3v) is 5.16. The molecule has 0 bridgehead atoms. The van der Waals surface area contributed by atoms with Gasteiger partial charge in [0.05, 0.1) is 31.2 Å². The molecule has 0 spiro atoms. The number of benzene rings is 1. The van der Waals surface area contributed by atoms with E-state index < -0.39 is 10.0 Å². The lowest BCUT2D eigenvalue weighted by Crippen LogP contribution is -2.32. The Morgan fingerprint density at radius 1 is 1.17 bits per heavy atom. The van der Waals surface area contributed by atoms with Crippen LogP contribution in [-0.2, 0) is 10.0 Å². The molecule has 1 N–H and O–H groups in total. The molecule has 1 amide bonds. The lowest BCUT2D eigenvalue weighted by atomic mass is 10.1. The van der Waals surface area contributed by atoms with Crippen LogP contribution in [0.3, 0.4) is 0 Å². The molecular formula is C15H24N2O5S. The molecule has 0 aliphatic heterocycles. The Hall–Kier alpha value is -1.96. The number of amides is 1. The highest BCUT2D eigenvalue weighted by Gasteiger charge is 2.24. The molecule has 0 saturated carbocycles. The van der Waals surface area contributed by atoms with Crippen molar-refractivity contribution in [3.8, 4) is 11.5 Å². The van der Waals surface area contributed by atoms with Gasteiger partial charge >= 0.3 is 0 Å². The number of rotatable bonds is 8. The second-order valence-corrected chi connectivity index (χ2v) is 7.14. The Balaban J connectivity index is 3.48. The Bertz CT molecular complexity index is 658. The van der Waals surface area contributed by atoms with Gasteiger partial charge in [0.25, 0.3) is 5.91 Å². The zero-order chi connectivity index (χ0) is 17.6. The standard InChI is InChI=1S/C15H24N2O5S/c1-6-8-16-15(18)11-9-13(21-4)14(22-5)10-12(11)17(3)23(19,20)7-2/h9-10H,6-8H2,1-5H3,(H,16,18). The van der Waals surface area contributed by atoms with E-state index in [9.17, 15) is 13.2 Å². The Labute approximate surface area is 137 Å². The van der Waals surface area contributed by atoms with Crippen molar-refractivity contribution in [1.29, 1.82) is 0 Å². The lowest BCUT2D eigenvalue weighted by Gasteiger charge is -2.23. The first-order valence-electron chi connectivity index (χ1n) is 7.33. The largest absolute Gasteiger partial charge is 0.493 e. The molecule has 8 heteroatoms. The van der Waals surface area contributed by atoms with E-state index >= 15 is 0 Å². The van der Waals surface area contributed by atoms with Gasteiger partial charge in [-0.15, -0.1) is 0 Å². The number of hydrogen-bond donors (Lipinski definition) is 1. The van der Waals surface area contributed by atoms with Crippen molar-refractivity contribution < 1.29 is 22.7 Å². The van der Waals surface area contributed by atoms with Crippen LogP contribution < -0.4 is 19.1 Å². The van der Waals surface area contributed by atoms with Crippen LogP contribution in [0.25, 0.3) is 0 Å². The summed E-state index contributed by atoms with van der Waals surface area (Å²) in [6.07, 6.45) is 0.775. The number of carbonyl (C=O) groups excluding carboxylic acids is 1. The second kappa shape index (κ2) is 8.05. The summed E-state index contributed by atoms with van der Waals surface area (Å²) in [4.78, 5) is 12.4. The summed E-state index contributed by atoms with van der Waals surface area (Å²) in [7, 11) is 0.805. The number of methoxy groups -OCH3 is 2. The van der Waals surface area contributed by atoms with Gasteiger partial charge in [0, 0.05) is 19.7 Å². The van der Waals surface area contributed by atoms with Crippen LogP contribution in [0.1, 0.15) is 30.6 Å². The fourth-order valence-electron chi connectivity index (χ4n) is 1.99. The van der Waals surface area contributed by atoms with Crippen LogP contribution in [0, 0.1) is 0 Å². The van der Waals surface area contributed by atoms with E-state index in [4.69, 9.17) is 9.47 Å². The molecule has 0 radical (unpaired) electrons. The third-order valence-electron chi connectivity index (χ3n) is 3.40. The molecule has 0 aromatic heterocycles. The molecule has 0 fully saturated rings. The number of anilines is 1. The number of carbonyl (C=O) groups is 1. The second-order valence-electron chi connectivity index (χ2n) is 4.85. The molecule has 1 aromatic carbocycles. The zero-order valence-corrected chi connectivity index (χ0v) is 15.0. The summed E-state index contributed by atoms with van der Waals surface area (Å²) in [5, 5.41) is 2.75. The molecule has 7 nitrogen and oxygen atoms in total. The predicted octanol–water partition coefficient (Wildman–Crippen LogP) is 1.63. The average Bonchev–Trinajstić information content (AvgIpc) is 2.57. The molecular weight excluding hydrogens is 320 g/mol. The van der Waals surface area contributed by atoms with Crippen LogP contribution in [0.15, 0.2) is 12.1 Å². The van der Waals surface area contributed by atoms with Crippen molar-refractivity contribution in [1.82, 2.24) is 5.32 Å². The van der Waals surface area contributed by atoms with E-state index in [-0.39, 0.29) is 22.9 Å². The topological polar surface area (TPSA) is 84.9 Å². The summed E-state index contributed by atoms with van der Waals surface area (Å²) < 4.78 is 35.8. The minimum atomic E-state index is -3.52. The van der Waals surface area contributed by atoms with Gasteiger partial charge in [0.2, 0.25) is 10.0 Å². The molecule has 130 valence electrons. The summed E-state index contributed by atoms with van der Waals surface area (Å²) in [6, 6.07) is 2.98. The van der Waals surface area contributed by atoms with Crippen LogP contribution in [-0.4, -0.2) is 47.9 Å². The molecule has 1 aromatic rings. The fraction of sp³-hybridized carbons (Fsp3) is 0.533. The summed E-state index contributed by atoms with van der Waals surface area (Å²) in [5.74, 6) is 0.280. The summed E-state index contributed by atoms with van der Waals surface area (Å²) in [5.41, 5.74) is 0.466. The van der Waals surface area contributed by atoms with Gasteiger partial charge in [-0.1, -0.05) is 6.92 Å². The Kier molecular flexibility index (Phi) is 6.68. The maximum atomic E-state index is 12.4. The average molecular weight is 344 g/mol. The smallest absolute Gasteiger partial charge is 0.253 e. The third kappa shape index (κ3) is 4.28. The molecule has 0 aliphatic rings. The van der Waals surface area contributed by atoms with Gasteiger partial charge in [-0.3, -0.25) is 9.10 Å². The molecule has 23 heavy (non-hydrogen) atoms. The molecule has 0 saturated heterocycles. The van der Waals surface area contributed by atoms with Crippen molar-refractivity contribution in [2.75, 3.05) is 37.9 Å². The number of nitrogens with one attached hydrogen (secondary N) is 1. The van der Waals surface area contributed by atoms with Gasteiger partial charge in [0.1, 0.15) is 0 Å². The highest BCUT2D eigenvalue weighted by atomic mass is 32.2. The van der Waals surface area contributed by atoms with Gasteiger partial charge in [-0.25, -0.2) is 8.42 Å². The molecule has 0 unspecified atom stereocenters. The van der Waals surface area contributed by atoms with Gasteiger partial charge in [-0.05, 0) is 19.4 Å². The van der Waals surface area contributed by atoms with E-state index in [0.717, 1.165) is 10.7 Å². The predicted molar refractivity (Wildman–Crippen MR) is 90.0 cm³/mol. The molecule has 0 aliphatic carbocycles. The van der Waals surface area contributed by atoms with Crippen LogP contribution in [0.4, 0.5) is 5.69 Å². The number of sulfonamides is 1. The minimum absolute atomic E-state index is 0.0755. The van der Waals surface area contributed by atoms with E-state index in [1.807, 2.05) is 6.92 Å². The van der Waals surface area contributed by atoms with Gasteiger partial charge in [-0.2, -0.15) is 0 Å². The number of ether oxygens (including phenoxy) is 2. The number of hydrogen-bond acceptors (Lipinski definition) is 5. The van der Waals surface area contributed by atoms with E-state index in [1.165, 1.54) is 33.4 Å².